The van der Waals surface area contributed by atoms with Gasteiger partial charge in [0.25, 0.3) is 10.1 Å². The van der Waals surface area contributed by atoms with E-state index in [4.69, 9.17) is 0 Å². The fourth-order valence-corrected chi connectivity index (χ4v) is 2.52. The minimum Gasteiger partial charge on any atom is -0.466 e. The second-order valence-corrected chi connectivity index (χ2v) is 5.77. The van der Waals surface area contributed by atoms with E-state index in [2.05, 4.69) is 8.92 Å². The lowest BCUT2D eigenvalue weighted by Crippen LogP contribution is -2.23. The van der Waals surface area contributed by atoms with Crippen molar-refractivity contribution in [1.29, 1.82) is 0 Å². The van der Waals surface area contributed by atoms with Crippen LogP contribution in [0.15, 0.2) is 30.3 Å². The predicted molar refractivity (Wildman–Crippen MR) is 72.3 cm³/mol. The van der Waals surface area contributed by atoms with Crippen LogP contribution in [0.2, 0.25) is 0 Å². The zero-order valence-electron chi connectivity index (χ0n) is 11.2. The van der Waals surface area contributed by atoms with E-state index in [1.54, 1.807) is 37.3 Å². The van der Waals surface area contributed by atoms with E-state index in [-0.39, 0.29) is 18.8 Å². The molecule has 0 heterocycles. The third-order valence-corrected chi connectivity index (χ3v) is 3.52. The first-order valence-corrected chi connectivity index (χ1v) is 7.75. The first-order valence-electron chi connectivity index (χ1n) is 6.17. The van der Waals surface area contributed by atoms with E-state index in [1.807, 2.05) is 0 Å². The number of ether oxygens (including phenoxy) is 1. The topological polar surface area (TPSA) is 89.9 Å². The van der Waals surface area contributed by atoms with Gasteiger partial charge in [-0.3, -0.25) is 8.98 Å². The zero-order chi connectivity index (χ0) is 15.0. The number of aliphatic hydroxyl groups excluding tert-OH is 1. The van der Waals surface area contributed by atoms with E-state index in [0.29, 0.717) is 5.56 Å². The summed E-state index contributed by atoms with van der Waals surface area (Å²) in [6, 6.07) is 8.55. The molecule has 0 aromatic heterocycles. The van der Waals surface area contributed by atoms with Crippen molar-refractivity contribution in [3.63, 3.8) is 0 Å². The van der Waals surface area contributed by atoms with Crippen LogP contribution in [-0.2, 0) is 29.6 Å². The standard InChI is InChI=1S/C13H18O6S/c1-2-18-13(15)8-12(14)9-19-20(16,17)10-11-6-4-3-5-7-11/h3-7,12,14H,2,8-10H2,1H3. The molecule has 0 aliphatic rings. The van der Waals surface area contributed by atoms with E-state index in [0.717, 1.165) is 0 Å². The molecule has 1 aromatic rings. The van der Waals surface area contributed by atoms with Crippen molar-refractivity contribution < 1.29 is 27.2 Å². The molecule has 1 N–H and O–H groups in total. The lowest BCUT2D eigenvalue weighted by atomic mass is 10.2. The predicted octanol–water partition coefficient (Wildman–Crippen LogP) is 0.847. The van der Waals surface area contributed by atoms with Crippen LogP contribution < -0.4 is 0 Å². The van der Waals surface area contributed by atoms with Gasteiger partial charge in [0.05, 0.1) is 25.7 Å². The Morgan fingerprint density at radius 1 is 1.30 bits per heavy atom. The highest BCUT2D eigenvalue weighted by atomic mass is 32.2. The summed E-state index contributed by atoms with van der Waals surface area (Å²) in [6.45, 7) is 1.39. The summed E-state index contributed by atoms with van der Waals surface area (Å²) in [5.74, 6) is -0.871. The normalized spacial score (nSPS) is 12.9. The molecule has 1 unspecified atom stereocenters. The molecule has 0 bridgehead atoms. The van der Waals surface area contributed by atoms with Gasteiger partial charge in [-0.2, -0.15) is 8.42 Å². The largest absolute Gasteiger partial charge is 0.466 e. The smallest absolute Gasteiger partial charge is 0.308 e. The maximum atomic E-state index is 11.7. The molecule has 1 rings (SSSR count). The van der Waals surface area contributed by atoms with Crippen LogP contribution in [0.1, 0.15) is 18.9 Å². The highest BCUT2D eigenvalue weighted by molar-refractivity contribution is 7.85. The minimum atomic E-state index is -3.79. The number of hydrogen-bond donors (Lipinski definition) is 1. The molecule has 7 heteroatoms. The maximum Gasteiger partial charge on any atom is 0.308 e. The van der Waals surface area contributed by atoms with Crippen molar-refractivity contribution in [2.75, 3.05) is 13.2 Å². The van der Waals surface area contributed by atoms with E-state index in [1.165, 1.54) is 0 Å². The summed E-state index contributed by atoms with van der Waals surface area (Å²) in [5, 5.41) is 9.49. The SMILES string of the molecule is CCOC(=O)CC(O)COS(=O)(=O)Cc1ccccc1. The van der Waals surface area contributed by atoms with Gasteiger partial charge < -0.3 is 9.84 Å². The average molecular weight is 302 g/mol. The second kappa shape index (κ2) is 7.98. The molecule has 0 amide bonds. The molecule has 0 radical (unpaired) electrons. The van der Waals surface area contributed by atoms with Crippen LogP contribution in [0.3, 0.4) is 0 Å². The van der Waals surface area contributed by atoms with Crippen molar-refractivity contribution in [3.05, 3.63) is 35.9 Å². The zero-order valence-corrected chi connectivity index (χ0v) is 12.0. The van der Waals surface area contributed by atoms with Gasteiger partial charge in [0.1, 0.15) is 5.75 Å². The number of aliphatic hydroxyl groups is 1. The van der Waals surface area contributed by atoms with Crippen molar-refractivity contribution in [2.45, 2.75) is 25.2 Å². The molecule has 6 nitrogen and oxygen atoms in total. The molecule has 20 heavy (non-hydrogen) atoms. The minimum absolute atomic E-state index is 0.207. The van der Waals surface area contributed by atoms with Gasteiger partial charge >= 0.3 is 5.97 Å². The van der Waals surface area contributed by atoms with Crippen molar-refractivity contribution in [3.8, 4) is 0 Å². The molecule has 0 saturated heterocycles. The lowest BCUT2D eigenvalue weighted by molar-refractivity contribution is -0.145. The molecular formula is C13H18O6S. The highest BCUT2D eigenvalue weighted by Crippen LogP contribution is 2.08. The molecule has 1 aromatic carbocycles. The fraction of sp³-hybridized carbons (Fsp3) is 0.462. The van der Waals surface area contributed by atoms with Crippen LogP contribution in [0.4, 0.5) is 0 Å². The Morgan fingerprint density at radius 2 is 1.95 bits per heavy atom. The Bertz CT molecular complexity index is 511. The third kappa shape index (κ3) is 6.65. The summed E-state index contributed by atoms with van der Waals surface area (Å²) in [6.07, 6.45) is -1.51. The number of benzene rings is 1. The summed E-state index contributed by atoms with van der Waals surface area (Å²) in [7, 11) is -3.79. The molecular weight excluding hydrogens is 284 g/mol. The monoisotopic (exact) mass is 302 g/mol. The fourth-order valence-electron chi connectivity index (χ4n) is 1.47. The summed E-state index contributed by atoms with van der Waals surface area (Å²) in [5.41, 5.74) is 0.590. The highest BCUT2D eigenvalue weighted by Gasteiger charge is 2.18. The number of carbonyl (C=O) groups is 1. The van der Waals surface area contributed by atoms with Crippen LogP contribution in [0, 0.1) is 0 Å². The number of esters is 1. The number of carbonyl (C=O) groups excluding carboxylic acids is 1. The first-order chi connectivity index (χ1) is 9.43. The first kappa shape index (κ1) is 16.6. The van der Waals surface area contributed by atoms with Crippen molar-refractivity contribution in [1.82, 2.24) is 0 Å². The van der Waals surface area contributed by atoms with E-state index in [9.17, 15) is 18.3 Å². The second-order valence-electron chi connectivity index (χ2n) is 4.14. The Labute approximate surface area is 118 Å². The quantitative estimate of drug-likeness (QED) is 0.565. The van der Waals surface area contributed by atoms with Gasteiger partial charge in [0.15, 0.2) is 0 Å². The maximum absolute atomic E-state index is 11.7. The van der Waals surface area contributed by atoms with Crippen LogP contribution in [-0.4, -0.2) is 38.8 Å². The van der Waals surface area contributed by atoms with Gasteiger partial charge in [-0.05, 0) is 12.5 Å². The molecule has 0 aliphatic heterocycles. The van der Waals surface area contributed by atoms with Crippen LogP contribution in [0.25, 0.3) is 0 Å². The van der Waals surface area contributed by atoms with Crippen LogP contribution in [0.5, 0.6) is 0 Å². The van der Waals surface area contributed by atoms with Gasteiger partial charge in [-0.15, -0.1) is 0 Å². The van der Waals surface area contributed by atoms with Gasteiger partial charge in [-0.25, -0.2) is 0 Å². The average Bonchev–Trinajstić information content (AvgIpc) is 2.37. The van der Waals surface area contributed by atoms with Crippen LogP contribution >= 0.6 is 0 Å². The Hall–Kier alpha value is -1.44. The third-order valence-electron chi connectivity index (χ3n) is 2.33. The summed E-state index contributed by atoms with van der Waals surface area (Å²) in [4.78, 5) is 11.1. The molecule has 0 fully saturated rings. The molecule has 0 spiro atoms. The number of rotatable bonds is 8. The number of hydrogen-bond acceptors (Lipinski definition) is 6. The van der Waals surface area contributed by atoms with Crippen molar-refractivity contribution in [2.24, 2.45) is 0 Å². The molecule has 0 saturated carbocycles. The van der Waals surface area contributed by atoms with Gasteiger partial charge in [0.2, 0.25) is 0 Å². The Balaban J connectivity index is 2.41. The van der Waals surface area contributed by atoms with Crippen molar-refractivity contribution >= 4 is 16.1 Å². The van der Waals surface area contributed by atoms with Gasteiger partial charge in [0, 0.05) is 0 Å². The summed E-state index contributed by atoms with van der Waals surface area (Å²) < 4.78 is 32.7. The molecule has 1 atom stereocenters. The summed E-state index contributed by atoms with van der Waals surface area (Å²) >= 11 is 0. The molecule has 112 valence electrons. The van der Waals surface area contributed by atoms with E-state index < -0.39 is 28.8 Å². The Kier molecular flexibility index (Phi) is 6.63. The Morgan fingerprint density at radius 3 is 2.55 bits per heavy atom. The van der Waals surface area contributed by atoms with Gasteiger partial charge in [-0.1, -0.05) is 30.3 Å². The molecule has 0 aliphatic carbocycles. The van der Waals surface area contributed by atoms with E-state index >= 15 is 0 Å². The lowest BCUT2D eigenvalue weighted by Gasteiger charge is -2.10.